The molecule has 0 aliphatic rings. The molecule has 0 aliphatic carbocycles. The van der Waals surface area contributed by atoms with E-state index in [4.69, 9.17) is 0 Å². The van der Waals surface area contributed by atoms with Gasteiger partial charge in [0.05, 0.1) is 5.75 Å². The van der Waals surface area contributed by atoms with E-state index in [0.717, 1.165) is 29.6 Å². The van der Waals surface area contributed by atoms with Gasteiger partial charge in [0.1, 0.15) is 5.82 Å². The Bertz CT molecular complexity index is 272. The Balaban J connectivity index is 2.36. The van der Waals surface area contributed by atoms with Crippen molar-refractivity contribution >= 4 is 11.8 Å². The van der Waals surface area contributed by atoms with Crippen LogP contribution in [0.15, 0.2) is 12.4 Å². The van der Waals surface area contributed by atoms with E-state index in [-0.39, 0.29) is 0 Å². The summed E-state index contributed by atoms with van der Waals surface area (Å²) in [6.45, 7) is 5.28. The molecule has 0 unspecified atom stereocenters. The first-order valence-corrected chi connectivity index (χ1v) is 6.40. The molecule has 0 spiro atoms. The first-order chi connectivity index (χ1) is 7.22. The molecule has 15 heavy (non-hydrogen) atoms. The third-order valence-corrected chi connectivity index (χ3v) is 3.19. The van der Waals surface area contributed by atoms with Crippen LogP contribution in [-0.4, -0.2) is 22.8 Å². The highest BCUT2D eigenvalue weighted by molar-refractivity contribution is 7.98. The van der Waals surface area contributed by atoms with Crippen molar-refractivity contribution in [2.24, 2.45) is 5.92 Å². The fourth-order valence-electron chi connectivity index (χ4n) is 1.14. The number of rotatable bonds is 6. The molecule has 0 radical (unpaired) electrons. The topological polar surface area (TPSA) is 37.8 Å². The Labute approximate surface area is 96.1 Å². The van der Waals surface area contributed by atoms with Crippen molar-refractivity contribution in [2.45, 2.75) is 26.1 Å². The molecule has 0 fully saturated rings. The highest BCUT2D eigenvalue weighted by atomic mass is 32.2. The monoisotopic (exact) mass is 225 g/mol. The summed E-state index contributed by atoms with van der Waals surface area (Å²) in [5, 5.41) is 3.08. The van der Waals surface area contributed by atoms with Gasteiger partial charge in [-0.05, 0) is 18.7 Å². The van der Waals surface area contributed by atoms with E-state index >= 15 is 0 Å². The minimum Gasteiger partial charge on any atom is -0.316 e. The predicted octanol–water partition coefficient (Wildman–Crippen LogP) is 2.09. The van der Waals surface area contributed by atoms with Crippen LogP contribution in [0.4, 0.5) is 0 Å². The fourth-order valence-corrected chi connectivity index (χ4v) is 2.06. The van der Waals surface area contributed by atoms with Crippen LogP contribution in [0.25, 0.3) is 0 Å². The van der Waals surface area contributed by atoms with Crippen molar-refractivity contribution in [1.29, 1.82) is 0 Å². The molecule has 0 saturated carbocycles. The molecule has 4 heteroatoms. The molecule has 3 nitrogen and oxygen atoms in total. The van der Waals surface area contributed by atoms with E-state index in [0.29, 0.717) is 0 Å². The molecule has 1 aromatic heterocycles. The van der Waals surface area contributed by atoms with Crippen LogP contribution in [0.2, 0.25) is 0 Å². The number of thioether (sulfide) groups is 1. The lowest BCUT2D eigenvalue weighted by atomic mass is 10.3. The predicted molar refractivity (Wildman–Crippen MR) is 65.8 cm³/mol. The Morgan fingerprint density at radius 1 is 1.33 bits per heavy atom. The third kappa shape index (κ3) is 5.14. The molecule has 0 aliphatic heterocycles. The summed E-state index contributed by atoms with van der Waals surface area (Å²) in [4.78, 5) is 8.64. The molecular weight excluding hydrogens is 206 g/mol. The van der Waals surface area contributed by atoms with Gasteiger partial charge in [-0.25, -0.2) is 9.97 Å². The van der Waals surface area contributed by atoms with Crippen LogP contribution >= 0.6 is 11.8 Å². The van der Waals surface area contributed by atoms with E-state index in [9.17, 15) is 0 Å². The van der Waals surface area contributed by atoms with E-state index in [2.05, 4.69) is 29.1 Å². The summed E-state index contributed by atoms with van der Waals surface area (Å²) >= 11 is 1.89. The number of hydrogen-bond donors (Lipinski definition) is 1. The molecule has 0 amide bonds. The lowest BCUT2D eigenvalue weighted by Crippen LogP contribution is -2.06. The fraction of sp³-hybridized carbons (Fsp3) is 0.636. The second-order valence-electron chi connectivity index (χ2n) is 3.95. The quantitative estimate of drug-likeness (QED) is 0.804. The van der Waals surface area contributed by atoms with Gasteiger partial charge in [-0.2, -0.15) is 11.8 Å². The number of aromatic nitrogens is 2. The van der Waals surface area contributed by atoms with E-state index in [1.165, 1.54) is 5.75 Å². The Hall–Kier alpha value is -0.610. The molecule has 0 bridgehead atoms. The molecular formula is C11H19N3S. The highest BCUT2D eigenvalue weighted by Crippen LogP contribution is 2.12. The average Bonchev–Trinajstić information content (AvgIpc) is 2.20. The van der Waals surface area contributed by atoms with Gasteiger partial charge in [0.2, 0.25) is 0 Å². The zero-order chi connectivity index (χ0) is 11.1. The smallest absolute Gasteiger partial charge is 0.138 e. The maximum absolute atomic E-state index is 4.32. The Morgan fingerprint density at radius 2 is 2.00 bits per heavy atom. The molecule has 0 saturated heterocycles. The summed E-state index contributed by atoms with van der Waals surface area (Å²) in [6.07, 6.45) is 3.80. The number of nitrogens with zero attached hydrogens (tertiary/aromatic N) is 2. The number of hydrogen-bond acceptors (Lipinski definition) is 4. The first kappa shape index (κ1) is 12.5. The summed E-state index contributed by atoms with van der Waals surface area (Å²) in [5.41, 5.74) is 1.13. The maximum Gasteiger partial charge on any atom is 0.138 e. The molecule has 1 rings (SSSR count). The van der Waals surface area contributed by atoms with Crippen LogP contribution in [-0.2, 0) is 12.3 Å². The molecule has 1 aromatic rings. The van der Waals surface area contributed by atoms with Gasteiger partial charge in [-0.3, -0.25) is 0 Å². The van der Waals surface area contributed by atoms with Crippen LogP contribution in [0.5, 0.6) is 0 Å². The highest BCUT2D eigenvalue weighted by Gasteiger charge is 1.99. The van der Waals surface area contributed by atoms with Gasteiger partial charge >= 0.3 is 0 Å². The van der Waals surface area contributed by atoms with Crippen molar-refractivity contribution in [1.82, 2.24) is 15.3 Å². The molecule has 0 atom stereocenters. The summed E-state index contributed by atoms with van der Waals surface area (Å²) < 4.78 is 0. The van der Waals surface area contributed by atoms with Gasteiger partial charge in [-0.1, -0.05) is 13.8 Å². The largest absolute Gasteiger partial charge is 0.316 e. The van der Waals surface area contributed by atoms with Gasteiger partial charge in [0.15, 0.2) is 0 Å². The van der Waals surface area contributed by atoms with Gasteiger partial charge in [0.25, 0.3) is 0 Å². The van der Waals surface area contributed by atoms with Gasteiger partial charge < -0.3 is 5.32 Å². The van der Waals surface area contributed by atoms with Crippen LogP contribution in [0.1, 0.15) is 25.2 Å². The third-order valence-electron chi connectivity index (χ3n) is 1.82. The average molecular weight is 225 g/mol. The zero-order valence-corrected chi connectivity index (χ0v) is 10.5. The molecule has 0 aromatic carbocycles. The van der Waals surface area contributed by atoms with Crippen molar-refractivity contribution in [3.8, 4) is 0 Å². The normalized spacial score (nSPS) is 10.9. The van der Waals surface area contributed by atoms with E-state index < -0.39 is 0 Å². The van der Waals surface area contributed by atoms with Crippen molar-refractivity contribution in [2.75, 3.05) is 12.8 Å². The van der Waals surface area contributed by atoms with Crippen molar-refractivity contribution < 1.29 is 0 Å². The Kier molecular flexibility index (Phi) is 5.65. The van der Waals surface area contributed by atoms with E-state index in [1.807, 2.05) is 31.2 Å². The minimum absolute atomic E-state index is 0.735. The maximum atomic E-state index is 4.32. The second-order valence-corrected chi connectivity index (χ2v) is 4.98. The van der Waals surface area contributed by atoms with Crippen molar-refractivity contribution in [3.05, 3.63) is 23.8 Å². The van der Waals surface area contributed by atoms with Crippen LogP contribution in [0.3, 0.4) is 0 Å². The lowest BCUT2D eigenvalue weighted by molar-refractivity contribution is 0.749. The number of nitrogens with one attached hydrogen (secondary N) is 1. The SMILES string of the molecule is CNCc1cnc(CSCC(C)C)nc1. The first-order valence-electron chi connectivity index (χ1n) is 5.24. The Morgan fingerprint density at radius 3 is 2.53 bits per heavy atom. The molecule has 84 valence electrons. The van der Waals surface area contributed by atoms with E-state index in [1.54, 1.807) is 0 Å². The second kappa shape index (κ2) is 6.80. The van der Waals surface area contributed by atoms with Gasteiger partial charge in [0, 0.05) is 24.5 Å². The molecule has 1 N–H and O–H groups in total. The minimum atomic E-state index is 0.735. The van der Waals surface area contributed by atoms with Crippen LogP contribution < -0.4 is 5.32 Å². The zero-order valence-electron chi connectivity index (χ0n) is 9.66. The summed E-state index contributed by atoms with van der Waals surface area (Å²) in [7, 11) is 1.92. The van der Waals surface area contributed by atoms with Crippen molar-refractivity contribution in [3.63, 3.8) is 0 Å². The summed E-state index contributed by atoms with van der Waals surface area (Å²) in [6, 6.07) is 0. The van der Waals surface area contributed by atoms with Gasteiger partial charge in [-0.15, -0.1) is 0 Å². The molecule has 1 heterocycles. The lowest BCUT2D eigenvalue weighted by Gasteiger charge is -2.04. The summed E-state index contributed by atoms with van der Waals surface area (Å²) in [5.74, 6) is 3.75. The van der Waals surface area contributed by atoms with Crippen LogP contribution in [0, 0.1) is 5.92 Å². The standard InChI is InChI=1S/C11H19N3S/c1-9(2)7-15-8-11-13-5-10(4-12-3)6-14-11/h5-6,9,12H,4,7-8H2,1-3H3.